The van der Waals surface area contributed by atoms with Gasteiger partial charge in [-0.3, -0.25) is 4.79 Å². The van der Waals surface area contributed by atoms with Crippen LogP contribution in [-0.2, 0) is 32.0 Å². The van der Waals surface area contributed by atoms with Crippen LogP contribution in [0.1, 0.15) is 89.8 Å². The highest BCUT2D eigenvalue weighted by Gasteiger charge is 2.20. The van der Waals surface area contributed by atoms with E-state index in [0.717, 1.165) is 33.4 Å². The van der Waals surface area contributed by atoms with Crippen molar-refractivity contribution >= 4 is 12.1 Å². The largest absolute Gasteiger partial charge is 0.489 e. The van der Waals surface area contributed by atoms with Crippen molar-refractivity contribution in [3.05, 3.63) is 89.0 Å². The van der Waals surface area contributed by atoms with Crippen molar-refractivity contribution in [1.29, 1.82) is 0 Å². The number of carbonyl (C=O) groups is 2. The first-order chi connectivity index (χ1) is 19.6. The second-order valence-corrected chi connectivity index (χ2v) is 12.5. The van der Waals surface area contributed by atoms with Gasteiger partial charge in [0.1, 0.15) is 23.6 Å². The molecule has 42 heavy (non-hydrogen) atoms. The quantitative estimate of drug-likeness (QED) is 0.246. The van der Waals surface area contributed by atoms with E-state index < -0.39 is 17.3 Å². The molecule has 1 unspecified atom stereocenters. The average Bonchev–Trinajstić information content (AvgIpc) is 2.89. The fourth-order valence-electron chi connectivity index (χ4n) is 4.38. The molecular weight excluding hydrogens is 530 g/mol. The number of rotatable bonds is 10. The molecule has 3 aromatic carbocycles. The van der Waals surface area contributed by atoms with E-state index in [1.165, 1.54) is 0 Å². The zero-order valence-electron chi connectivity index (χ0n) is 26.4. The third-order valence-electron chi connectivity index (χ3n) is 6.41. The molecule has 226 valence electrons. The lowest BCUT2D eigenvalue weighted by Gasteiger charge is -2.22. The zero-order valence-corrected chi connectivity index (χ0v) is 26.4. The zero-order chi connectivity index (χ0) is 31.1. The third kappa shape index (κ3) is 10.2. The maximum Gasteiger partial charge on any atom is 0.408 e. The topological polar surface area (TPSA) is 83.1 Å². The Morgan fingerprint density at radius 3 is 2.12 bits per heavy atom. The van der Waals surface area contributed by atoms with E-state index in [1.54, 1.807) is 7.11 Å². The van der Waals surface area contributed by atoms with Crippen LogP contribution in [-0.4, -0.2) is 30.4 Å². The number of hydrogen-bond acceptors (Lipinski definition) is 6. The first-order valence-electron chi connectivity index (χ1n) is 14.3. The number of ether oxygens (including phenoxy) is 4. The van der Waals surface area contributed by atoms with E-state index in [9.17, 15) is 9.59 Å². The number of nitrogens with one attached hydrogen (secondary N) is 1. The summed E-state index contributed by atoms with van der Waals surface area (Å²) in [4.78, 5) is 24.8. The minimum absolute atomic E-state index is 0.126. The van der Waals surface area contributed by atoms with Gasteiger partial charge in [-0.25, -0.2) is 4.79 Å². The Bertz CT molecular complexity index is 1370. The van der Waals surface area contributed by atoms with E-state index in [4.69, 9.17) is 18.9 Å². The Hall–Kier alpha value is -3.84. The fraction of sp³-hybridized carbons (Fsp3) is 0.429. The van der Waals surface area contributed by atoms with Crippen LogP contribution in [0.15, 0.2) is 66.7 Å². The normalized spacial score (nSPS) is 13.2. The summed E-state index contributed by atoms with van der Waals surface area (Å²) in [6.07, 6.45) is -0.455. The van der Waals surface area contributed by atoms with Gasteiger partial charge in [0.2, 0.25) is 0 Å². The van der Waals surface area contributed by atoms with Crippen molar-refractivity contribution in [3.63, 3.8) is 0 Å². The van der Waals surface area contributed by atoms with Crippen LogP contribution >= 0.6 is 0 Å². The smallest absolute Gasteiger partial charge is 0.408 e. The van der Waals surface area contributed by atoms with Gasteiger partial charge in [-0.15, -0.1) is 0 Å². The Morgan fingerprint density at radius 1 is 0.786 bits per heavy atom. The second kappa shape index (κ2) is 13.9. The molecule has 0 radical (unpaired) electrons. The lowest BCUT2D eigenvalue weighted by atomic mass is 9.95. The minimum atomic E-state index is -0.571. The van der Waals surface area contributed by atoms with Crippen LogP contribution in [0, 0.1) is 0 Å². The van der Waals surface area contributed by atoms with Crippen molar-refractivity contribution in [3.8, 4) is 16.9 Å². The molecule has 1 amide bonds. The Labute approximate surface area is 250 Å². The van der Waals surface area contributed by atoms with E-state index in [1.807, 2.05) is 97.9 Å². The summed E-state index contributed by atoms with van der Waals surface area (Å²) in [5.74, 6) is 0.339. The summed E-state index contributed by atoms with van der Waals surface area (Å²) in [6.45, 7) is 15.3. The van der Waals surface area contributed by atoms with Crippen molar-refractivity contribution in [2.75, 3.05) is 7.11 Å². The van der Waals surface area contributed by atoms with Crippen LogP contribution in [0.5, 0.6) is 5.75 Å². The molecular formula is C35H45NO6. The lowest BCUT2D eigenvalue weighted by molar-refractivity contribution is -0.153. The molecule has 0 heterocycles. The number of amides is 1. The number of carbonyl (C=O) groups excluding carboxylic acids is 2. The number of benzene rings is 3. The van der Waals surface area contributed by atoms with Gasteiger partial charge in [-0.2, -0.15) is 0 Å². The predicted octanol–water partition coefficient (Wildman–Crippen LogP) is 8.11. The Morgan fingerprint density at radius 2 is 1.45 bits per heavy atom. The molecule has 3 rings (SSSR count). The van der Waals surface area contributed by atoms with Crippen LogP contribution in [0.25, 0.3) is 11.1 Å². The van der Waals surface area contributed by atoms with Crippen molar-refractivity contribution in [2.24, 2.45) is 0 Å². The van der Waals surface area contributed by atoms with Crippen LogP contribution in [0.4, 0.5) is 4.79 Å². The number of methoxy groups -OCH3 is 1. The van der Waals surface area contributed by atoms with E-state index in [0.29, 0.717) is 12.4 Å². The number of alkyl carbamates (subject to hydrolysis) is 1. The molecule has 0 saturated heterocycles. The van der Waals surface area contributed by atoms with E-state index in [-0.39, 0.29) is 24.5 Å². The van der Waals surface area contributed by atoms with Crippen LogP contribution in [0.2, 0.25) is 0 Å². The highest BCUT2D eigenvalue weighted by molar-refractivity contribution is 5.74. The third-order valence-corrected chi connectivity index (χ3v) is 6.41. The number of para-hydroxylation sites is 1. The highest BCUT2D eigenvalue weighted by Crippen LogP contribution is 2.30. The number of hydrogen-bond donors (Lipinski definition) is 1. The molecule has 0 aliphatic heterocycles. The highest BCUT2D eigenvalue weighted by atomic mass is 16.6. The summed E-state index contributed by atoms with van der Waals surface area (Å²) >= 11 is 0. The van der Waals surface area contributed by atoms with Crippen molar-refractivity contribution in [1.82, 2.24) is 5.32 Å². The Balaban J connectivity index is 1.85. The molecule has 7 heteroatoms. The molecule has 0 spiro atoms. The van der Waals surface area contributed by atoms with Gasteiger partial charge in [-0.05, 0) is 114 Å². The van der Waals surface area contributed by atoms with Gasteiger partial charge in [0, 0.05) is 12.7 Å². The van der Waals surface area contributed by atoms with Crippen molar-refractivity contribution in [2.45, 2.75) is 91.8 Å². The van der Waals surface area contributed by atoms with E-state index >= 15 is 0 Å². The molecule has 7 nitrogen and oxygen atoms in total. The first kappa shape index (κ1) is 32.7. The Kier molecular flexibility index (Phi) is 10.8. The molecule has 0 aliphatic rings. The molecule has 0 fully saturated rings. The van der Waals surface area contributed by atoms with Gasteiger partial charge in [-0.1, -0.05) is 36.4 Å². The molecule has 0 aromatic heterocycles. The SMILES string of the molecule is COC(C)c1cc(COc2ccccc2CC(=O)OC(C)(C)C)cc(-c2cccc([C@@H](C)NC(=O)OC(C)(C)C)c2)c1. The van der Waals surface area contributed by atoms with Crippen molar-refractivity contribution < 1.29 is 28.5 Å². The average molecular weight is 576 g/mol. The maximum absolute atomic E-state index is 12.5. The predicted molar refractivity (Wildman–Crippen MR) is 165 cm³/mol. The monoisotopic (exact) mass is 575 g/mol. The molecule has 0 bridgehead atoms. The van der Waals surface area contributed by atoms with Gasteiger partial charge >= 0.3 is 12.1 Å². The molecule has 1 N–H and O–H groups in total. The fourth-order valence-corrected chi connectivity index (χ4v) is 4.38. The summed E-state index contributed by atoms with van der Waals surface area (Å²) in [5.41, 5.74) is 4.59. The maximum atomic E-state index is 12.5. The summed E-state index contributed by atoms with van der Waals surface area (Å²) in [7, 11) is 1.69. The summed E-state index contributed by atoms with van der Waals surface area (Å²) < 4.78 is 22.8. The molecule has 0 saturated carbocycles. The molecule has 0 aliphatic carbocycles. The van der Waals surface area contributed by atoms with Gasteiger partial charge in [0.05, 0.1) is 18.6 Å². The lowest BCUT2D eigenvalue weighted by Crippen LogP contribution is -2.34. The first-order valence-corrected chi connectivity index (χ1v) is 14.3. The second-order valence-electron chi connectivity index (χ2n) is 12.5. The standard InChI is InChI=1S/C35H45NO6/c1-23(36-33(38)42-35(6,7)8)26-14-12-15-27(19-26)30-18-25(17-29(20-30)24(2)39-9)22-40-31-16-11-10-13-28(31)21-32(37)41-34(3,4)5/h10-20,23-24H,21-22H2,1-9H3,(H,36,38)/t23-,24?/m1/s1. The molecule has 2 atom stereocenters. The van der Waals surface area contributed by atoms with Crippen LogP contribution < -0.4 is 10.1 Å². The van der Waals surface area contributed by atoms with Gasteiger partial charge < -0.3 is 24.3 Å². The van der Waals surface area contributed by atoms with E-state index in [2.05, 4.69) is 29.6 Å². The minimum Gasteiger partial charge on any atom is -0.489 e. The van der Waals surface area contributed by atoms with Gasteiger partial charge in [0.15, 0.2) is 0 Å². The molecule has 3 aromatic rings. The summed E-state index contributed by atoms with van der Waals surface area (Å²) in [6, 6.07) is 21.6. The van der Waals surface area contributed by atoms with Crippen LogP contribution in [0.3, 0.4) is 0 Å². The number of esters is 1. The van der Waals surface area contributed by atoms with Gasteiger partial charge in [0.25, 0.3) is 0 Å². The summed E-state index contributed by atoms with van der Waals surface area (Å²) in [5, 5.41) is 2.92.